The number of fused-ring (bicyclic) bond motifs is 1. The van der Waals surface area contributed by atoms with Crippen LogP contribution in [-0.2, 0) is 15.9 Å². The number of hydrogen-bond acceptors (Lipinski definition) is 5. The number of hydrogen-bond donors (Lipinski definition) is 1. The monoisotopic (exact) mass is 295 g/mol. The third-order valence-corrected chi connectivity index (χ3v) is 4.15. The Morgan fingerprint density at radius 2 is 1.86 bits per heavy atom. The second kappa shape index (κ2) is 7.11. The van der Waals surface area contributed by atoms with Gasteiger partial charge in [0.1, 0.15) is 0 Å². The molecule has 0 fully saturated rings. The van der Waals surface area contributed by atoms with Crippen molar-refractivity contribution in [3.8, 4) is 11.5 Å². The summed E-state index contributed by atoms with van der Waals surface area (Å²) in [4.78, 5) is 0. The fourth-order valence-electron chi connectivity index (χ4n) is 3.05. The van der Waals surface area contributed by atoms with E-state index in [1.54, 1.807) is 28.4 Å². The van der Waals surface area contributed by atoms with Crippen LogP contribution < -0.4 is 14.8 Å². The van der Waals surface area contributed by atoms with Crippen LogP contribution >= 0.6 is 0 Å². The van der Waals surface area contributed by atoms with Crippen LogP contribution in [0.4, 0.5) is 0 Å². The third kappa shape index (κ3) is 3.15. The van der Waals surface area contributed by atoms with E-state index in [0.717, 1.165) is 17.9 Å². The zero-order valence-electron chi connectivity index (χ0n) is 13.4. The lowest BCUT2D eigenvalue weighted by molar-refractivity contribution is -0.100. The zero-order chi connectivity index (χ0) is 15.4. The molecule has 1 aromatic carbocycles. The highest BCUT2D eigenvalue weighted by Crippen LogP contribution is 2.44. The van der Waals surface area contributed by atoms with Crippen LogP contribution in [0.3, 0.4) is 0 Å². The van der Waals surface area contributed by atoms with Gasteiger partial charge < -0.3 is 24.3 Å². The first kappa shape index (κ1) is 16.1. The van der Waals surface area contributed by atoms with Crippen LogP contribution in [0, 0.1) is 5.92 Å². The maximum Gasteiger partial charge on any atom is 0.169 e. The second-order valence-corrected chi connectivity index (χ2v) is 5.34. The van der Waals surface area contributed by atoms with Gasteiger partial charge in [-0.1, -0.05) is 13.0 Å². The fraction of sp³-hybridized carbons (Fsp3) is 0.625. The van der Waals surface area contributed by atoms with Crippen molar-refractivity contribution in [1.29, 1.82) is 0 Å². The average molecular weight is 295 g/mol. The van der Waals surface area contributed by atoms with Crippen LogP contribution in [-0.4, -0.2) is 41.3 Å². The molecule has 2 atom stereocenters. The minimum atomic E-state index is -0.235. The summed E-state index contributed by atoms with van der Waals surface area (Å²) in [6.45, 7) is 2.88. The molecule has 0 spiro atoms. The Hall–Kier alpha value is -1.30. The van der Waals surface area contributed by atoms with Crippen LogP contribution in [0.1, 0.15) is 24.1 Å². The summed E-state index contributed by atoms with van der Waals surface area (Å²) in [6, 6.07) is 4.36. The molecule has 0 bridgehead atoms. The molecule has 1 aromatic rings. The summed E-state index contributed by atoms with van der Waals surface area (Å²) >= 11 is 0. The van der Waals surface area contributed by atoms with Gasteiger partial charge in [0.25, 0.3) is 0 Å². The van der Waals surface area contributed by atoms with E-state index in [-0.39, 0.29) is 12.3 Å². The molecule has 21 heavy (non-hydrogen) atoms. The van der Waals surface area contributed by atoms with Crippen molar-refractivity contribution >= 4 is 0 Å². The number of rotatable bonds is 7. The molecular formula is C16H25NO4. The molecule has 0 saturated heterocycles. The van der Waals surface area contributed by atoms with E-state index < -0.39 is 0 Å². The molecule has 1 aliphatic carbocycles. The molecule has 2 rings (SSSR count). The van der Waals surface area contributed by atoms with Gasteiger partial charge in [0.05, 0.1) is 14.2 Å². The van der Waals surface area contributed by atoms with Crippen molar-refractivity contribution in [2.24, 2.45) is 5.92 Å². The predicted octanol–water partition coefficient (Wildman–Crippen LogP) is 2.15. The van der Waals surface area contributed by atoms with Gasteiger partial charge in [0.2, 0.25) is 0 Å². The van der Waals surface area contributed by atoms with Gasteiger partial charge in [0, 0.05) is 32.4 Å². The summed E-state index contributed by atoms with van der Waals surface area (Å²) in [5.41, 5.74) is 2.50. The molecule has 0 aliphatic heterocycles. The Bertz CT molecular complexity index is 474. The van der Waals surface area contributed by atoms with Gasteiger partial charge in [-0.2, -0.15) is 0 Å². The van der Waals surface area contributed by atoms with Gasteiger partial charge in [-0.15, -0.1) is 0 Å². The number of ether oxygens (including phenoxy) is 4. The van der Waals surface area contributed by atoms with E-state index in [9.17, 15) is 0 Å². The molecule has 1 N–H and O–H groups in total. The normalized spacial score (nSPS) is 20.7. The molecule has 5 nitrogen and oxygen atoms in total. The Balaban J connectivity index is 2.21. The van der Waals surface area contributed by atoms with E-state index in [4.69, 9.17) is 18.9 Å². The molecule has 1 aliphatic rings. The summed E-state index contributed by atoms with van der Waals surface area (Å²) in [7, 11) is 6.65. The smallest absolute Gasteiger partial charge is 0.169 e. The first-order valence-electron chi connectivity index (χ1n) is 7.18. The SMILES string of the molecule is COc1ccc2c(c1OC)CC(C)C2NCC(OC)OC. The fourth-order valence-corrected chi connectivity index (χ4v) is 3.05. The van der Waals surface area contributed by atoms with Crippen molar-refractivity contribution in [1.82, 2.24) is 5.32 Å². The molecule has 118 valence electrons. The van der Waals surface area contributed by atoms with Gasteiger partial charge in [0.15, 0.2) is 17.8 Å². The van der Waals surface area contributed by atoms with Crippen molar-refractivity contribution in [2.45, 2.75) is 25.7 Å². The van der Waals surface area contributed by atoms with Gasteiger partial charge in [-0.05, 0) is 24.0 Å². The van der Waals surface area contributed by atoms with Crippen LogP contribution in [0.5, 0.6) is 11.5 Å². The second-order valence-electron chi connectivity index (χ2n) is 5.34. The Morgan fingerprint density at radius 1 is 1.14 bits per heavy atom. The lowest BCUT2D eigenvalue weighted by Crippen LogP contribution is -2.34. The highest BCUT2D eigenvalue weighted by molar-refractivity contribution is 5.54. The van der Waals surface area contributed by atoms with E-state index in [1.807, 2.05) is 6.07 Å². The van der Waals surface area contributed by atoms with E-state index >= 15 is 0 Å². The van der Waals surface area contributed by atoms with Crippen molar-refractivity contribution < 1.29 is 18.9 Å². The van der Waals surface area contributed by atoms with Crippen molar-refractivity contribution in [3.63, 3.8) is 0 Å². The van der Waals surface area contributed by atoms with Gasteiger partial charge in [-0.25, -0.2) is 0 Å². The van der Waals surface area contributed by atoms with E-state index in [1.165, 1.54) is 11.1 Å². The molecule has 0 amide bonds. The third-order valence-electron chi connectivity index (χ3n) is 4.15. The topological polar surface area (TPSA) is 49.0 Å². The summed E-state index contributed by atoms with van der Waals surface area (Å²) in [5.74, 6) is 2.12. The number of methoxy groups -OCH3 is 4. The van der Waals surface area contributed by atoms with Crippen LogP contribution in [0.15, 0.2) is 12.1 Å². The van der Waals surface area contributed by atoms with Crippen LogP contribution in [0.25, 0.3) is 0 Å². The maximum absolute atomic E-state index is 5.54. The Labute approximate surface area is 126 Å². The number of nitrogens with one attached hydrogen (secondary N) is 1. The van der Waals surface area contributed by atoms with E-state index in [0.29, 0.717) is 12.5 Å². The predicted molar refractivity (Wildman–Crippen MR) is 81.0 cm³/mol. The quantitative estimate of drug-likeness (QED) is 0.781. The first-order valence-corrected chi connectivity index (χ1v) is 7.18. The molecule has 2 unspecified atom stereocenters. The Morgan fingerprint density at radius 3 is 2.43 bits per heavy atom. The summed E-state index contributed by atoms with van der Waals surface area (Å²) in [6.07, 6.45) is 0.735. The molecular weight excluding hydrogens is 270 g/mol. The molecule has 0 aromatic heterocycles. The molecule has 0 heterocycles. The van der Waals surface area contributed by atoms with Crippen LogP contribution in [0.2, 0.25) is 0 Å². The van der Waals surface area contributed by atoms with E-state index in [2.05, 4.69) is 18.3 Å². The van der Waals surface area contributed by atoms with Crippen molar-refractivity contribution in [2.75, 3.05) is 35.0 Å². The highest BCUT2D eigenvalue weighted by atomic mass is 16.7. The molecule has 0 saturated carbocycles. The zero-order valence-corrected chi connectivity index (χ0v) is 13.4. The summed E-state index contributed by atoms with van der Waals surface area (Å²) < 4.78 is 21.4. The summed E-state index contributed by atoms with van der Waals surface area (Å²) in [5, 5.41) is 3.53. The standard InChI is InChI=1S/C16H25NO4/c1-10-8-12-11(6-7-13(18-2)16(12)21-5)15(10)17-9-14(19-3)20-4/h6-7,10,14-15,17H,8-9H2,1-5H3. The van der Waals surface area contributed by atoms with Gasteiger partial charge in [-0.3, -0.25) is 0 Å². The highest BCUT2D eigenvalue weighted by Gasteiger charge is 2.33. The lowest BCUT2D eigenvalue weighted by Gasteiger charge is -2.22. The van der Waals surface area contributed by atoms with Crippen molar-refractivity contribution in [3.05, 3.63) is 23.3 Å². The lowest BCUT2D eigenvalue weighted by atomic mass is 10.0. The Kier molecular flexibility index (Phi) is 5.45. The maximum atomic E-state index is 5.54. The first-order chi connectivity index (χ1) is 10.2. The average Bonchev–Trinajstić information content (AvgIpc) is 2.83. The minimum Gasteiger partial charge on any atom is -0.493 e. The van der Waals surface area contributed by atoms with Gasteiger partial charge >= 0.3 is 0 Å². The largest absolute Gasteiger partial charge is 0.493 e. The minimum absolute atomic E-state index is 0.235. The molecule has 0 radical (unpaired) electrons. The number of benzene rings is 1. The molecule has 5 heteroatoms.